The Kier molecular flexibility index (Phi) is 4.02. The normalized spacial score (nSPS) is 18.2. The third-order valence-corrected chi connectivity index (χ3v) is 3.84. The van der Waals surface area contributed by atoms with Gasteiger partial charge in [-0.3, -0.25) is 0 Å². The highest BCUT2D eigenvalue weighted by Gasteiger charge is 2.15. The second kappa shape index (κ2) is 5.51. The minimum absolute atomic E-state index is 0.330. The first-order valence-electron chi connectivity index (χ1n) is 5.53. The second-order valence-corrected chi connectivity index (χ2v) is 4.95. The smallest absolute Gasteiger partial charge is 0.276 e. The van der Waals surface area contributed by atoms with Crippen molar-refractivity contribution >= 4 is 11.8 Å². The Morgan fingerprint density at radius 1 is 1.27 bits per heavy atom. The fraction of sp³-hybridized carbons (Fsp3) is 0.800. The average molecular weight is 227 g/mol. The number of hydrogen-bond donors (Lipinski definition) is 1. The number of rotatable bonds is 4. The van der Waals surface area contributed by atoms with Crippen LogP contribution in [0.25, 0.3) is 0 Å². The molecule has 1 saturated carbocycles. The van der Waals surface area contributed by atoms with Crippen molar-refractivity contribution in [2.24, 2.45) is 11.7 Å². The number of nitrogens with two attached hydrogens (primary N) is 1. The summed E-state index contributed by atoms with van der Waals surface area (Å²) in [6.07, 6.45) is 6.86. The molecule has 0 aliphatic heterocycles. The van der Waals surface area contributed by atoms with E-state index in [0.29, 0.717) is 17.7 Å². The molecule has 0 aromatic carbocycles. The Morgan fingerprint density at radius 2 is 2.07 bits per heavy atom. The third kappa shape index (κ3) is 3.21. The molecule has 1 aromatic heterocycles. The van der Waals surface area contributed by atoms with Crippen molar-refractivity contribution in [1.82, 2.24) is 10.2 Å². The van der Waals surface area contributed by atoms with Gasteiger partial charge in [-0.15, -0.1) is 10.2 Å². The largest absolute Gasteiger partial charge is 0.415 e. The van der Waals surface area contributed by atoms with Gasteiger partial charge in [0.15, 0.2) is 0 Å². The lowest BCUT2D eigenvalue weighted by molar-refractivity contribution is 0.386. The van der Waals surface area contributed by atoms with Crippen LogP contribution in [0.5, 0.6) is 0 Å². The molecule has 0 atom stereocenters. The van der Waals surface area contributed by atoms with Crippen molar-refractivity contribution < 1.29 is 4.42 Å². The molecule has 1 aromatic rings. The zero-order chi connectivity index (χ0) is 10.5. The molecule has 0 saturated heterocycles. The highest BCUT2D eigenvalue weighted by molar-refractivity contribution is 7.99. The van der Waals surface area contributed by atoms with E-state index in [2.05, 4.69) is 10.2 Å². The van der Waals surface area contributed by atoms with Gasteiger partial charge in [0, 0.05) is 5.75 Å². The molecule has 0 amide bonds. The topological polar surface area (TPSA) is 64.9 Å². The van der Waals surface area contributed by atoms with Crippen molar-refractivity contribution in [3.63, 3.8) is 0 Å². The average Bonchev–Trinajstić information content (AvgIpc) is 2.76. The van der Waals surface area contributed by atoms with Gasteiger partial charge in [0.25, 0.3) is 5.22 Å². The summed E-state index contributed by atoms with van der Waals surface area (Å²) in [5, 5.41) is 8.44. The maximum Gasteiger partial charge on any atom is 0.276 e. The minimum Gasteiger partial charge on any atom is -0.415 e. The van der Waals surface area contributed by atoms with Gasteiger partial charge in [0.1, 0.15) is 0 Å². The molecular formula is C10H17N3OS. The third-order valence-electron chi connectivity index (χ3n) is 2.79. The minimum atomic E-state index is 0.330. The highest BCUT2D eigenvalue weighted by atomic mass is 32.2. The number of nitrogens with zero attached hydrogens (tertiary/aromatic N) is 2. The van der Waals surface area contributed by atoms with Crippen molar-refractivity contribution in [3.05, 3.63) is 5.89 Å². The van der Waals surface area contributed by atoms with Crippen molar-refractivity contribution in [3.8, 4) is 0 Å². The summed E-state index contributed by atoms with van der Waals surface area (Å²) in [6, 6.07) is 0. The molecule has 0 spiro atoms. The van der Waals surface area contributed by atoms with E-state index in [4.69, 9.17) is 10.2 Å². The zero-order valence-corrected chi connectivity index (χ0v) is 9.63. The first-order valence-corrected chi connectivity index (χ1v) is 6.52. The van der Waals surface area contributed by atoms with Crippen LogP contribution in [0, 0.1) is 5.92 Å². The predicted molar refractivity (Wildman–Crippen MR) is 59.5 cm³/mol. The van der Waals surface area contributed by atoms with Crippen molar-refractivity contribution in [2.75, 3.05) is 5.75 Å². The summed E-state index contributed by atoms with van der Waals surface area (Å²) in [7, 11) is 0. The van der Waals surface area contributed by atoms with E-state index in [1.807, 2.05) is 0 Å². The van der Waals surface area contributed by atoms with Crippen LogP contribution >= 0.6 is 11.8 Å². The fourth-order valence-corrected chi connectivity index (χ4v) is 2.89. The maximum atomic E-state index is 5.40. The van der Waals surface area contributed by atoms with E-state index in [1.165, 1.54) is 32.1 Å². The van der Waals surface area contributed by atoms with Gasteiger partial charge in [0.05, 0.1) is 6.54 Å². The summed E-state index contributed by atoms with van der Waals surface area (Å²) in [4.78, 5) is 0. The van der Waals surface area contributed by atoms with Gasteiger partial charge in [-0.05, 0) is 18.8 Å². The molecule has 2 N–H and O–H groups in total. The number of aromatic nitrogens is 2. The first-order chi connectivity index (χ1) is 7.38. The SMILES string of the molecule is NCc1nnc(SCC2CCCCC2)o1. The fourth-order valence-electron chi connectivity index (χ4n) is 1.92. The molecule has 4 nitrogen and oxygen atoms in total. The molecule has 0 radical (unpaired) electrons. The van der Waals surface area contributed by atoms with E-state index in [9.17, 15) is 0 Å². The van der Waals surface area contributed by atoms with Crippen LogP contribution in [-0.4, -0.2) is 16.0 Å². The lowest BCUT2D eigenvalue weighted by Gasteiger charge is -2.19. The molecule has 0 unspecified atom stereocenters. The van der Waals surface area contributed by atoms with E-state index in [-0.39, 0.29) is 0 Å². The Balaban J connectivity index is 1.76. The zero-order valence-electron chi connectivity index (χ0n) is 8.82. The van der Waals surface area contributed by atoms with E-state index >= 15 is 0 Å². The summed E-state index contributed by atoms with van der Waals surface area (Å²) in [5.41, 5.74) is 5.40. The molecule has 1 aliphatic rings. The molecule has 5 heteroatoms. The van der Waals surface area contributed by atoms with Gasteiger partial charge in [-0.1, -0.05) is 31.0 Å². The van der Waals surface area contributed by atoms with Gasteiger partial charge in [-0.25, -0.2) is 0 Å². The van der Waals surface area contributed by atoms with Gasteiger partial charge < -0.3 is 10.2 Å². The quantitative estimate of drug-likeness (QED) is 0.799. The Bertz CT molecular complexity index is 297. The van der Waals surface area contributed by atoms with Crippen LogP contribution < -0.4 is 5.73 Å². The van der Waals surface area contributed by atoms with Crippen LogP contribution in [0.4, 0.5) is 0 Å². The van der Waals surface area contributed by atoms with E-state index < -0.39 is 0 Å². The first kappa shape index (κ1) is 11.0. The van der Waals surface area contributed by atoms with Crippen LogP contribution in [0.3, 0.4) is 0 Å². The molecular weight excluding hydrogens is 210 g/mol. The monoisotopic (exact) mass is 227 g/mol. The van der Waals surface area contributed by atoms with Gasteiger partial charge >= 0.3 is 0 Å². The molecule has 84 valence electrons. The van der Waals surface area contributed by atoms with Gasteiger partial charge in [0.2, 0.25) is 5.89 Å². The maximum absolute atomic E-state index is 5.40. The number of hydrogen-bond acceptors (Lipinski definition) is 5. The van der Waals surface area contributed by atoms with Crippen molar-refractivity contribution in [2.45, 2.75) is 43.9 Å². The lowest BCUT2D eigenvalue weighted by atomic mass is 9.91. The summed E-state index contributed by atoms with van der Waals surface area (Å²) in [5.74, 6) is 2.46. The second-order valence-electron chi connectivity index (χ2n) is 3.98. The number of thioether (sulfide) groups is 1. The predicted octanol–water partition coefficient (Wildman–Crippen LogP) is 2.20. The summed E-state index contributed by atoms with van der Waals surface area (Å²) < 4.78 is 5.34. The van der Waals surface area contributed by atoms with Crippen LogP contribution in [0.15, 0.2) is 9.64 Å². The van der Waals surface area contributed by atoms with Gasteiger partial charge in [-0.2, -0.15) is 0 Å². The van der Waals surface area contributed by atoms with Crippen molar-refractivity contribution in [1.29, 1.82) is 0 Å². The molecule has 2 rings (SSSR count). The summed E-state index contributed by atoms with van der Waals surface area (Å²) >= 11 is 1.67. The highest BCUT2D eigenvalue weighted by Crippen LogP contribution is 2.29. The Morgan fingerprint density at radius 3 is 2.73 bits per heavy atom. The van der Waals surface area contributed by atoms with E-state index in [0.717, 1.165) is 11.7 Å². The molecule has 0 bridgehead atoms. The van der Waals surface area contributed by atoms with Crippen LogP contribution in [-0.2, 0) is 6.54 Å². The lowest BCUT2D eigenvalue weighted by Crippen LogP contribution is -2.08. The standard InChI is InChI=1S/C10H17N3OS/c11-6-9-12-13-10(14-9)15-7-8-4-2-1-3-5-8/h8H,1-7,11H2. The molecule has 15 heavy (non-hydrogen) atoms. The van der Waals surface area contributed by atoms with Crippen LogP contribution in [0.1, 0.15) is 38.0 Å². The van der Waals surface area contributed by atoms with Crippen LogP contribution in [0.2, 0.25) is 0 Å². The molecule has 1 aliphatic carbocycles. The molecule has 1 heterocycles. The van der Waals surface area contributed by atoms with E-state index in [1.54, 1.807) is 11.8 Å². The summed E-state index contributed by atoms with van der Waals surface area (Å²) in [6.45, 7) is 0.330. The Labute approximate surface area is 94.0 Å². The molecule has 1 fully saturated rings. The Hall–Kier alpha value is -0.550.